The second-order valence-corrected chi connectivity index (χ2v) is 4.77. The van der Waals surface area contributed by atoms with Gasteiger partial charge >= 0.3 is 0 Å². The van der Waals surface area contributed by atoms with Gasteiger partial charge in [0.15, 0.2) is 0 Å². The van der Waals surface area contributed by atoms with Gasteiger partial charge in [0, 0.05) is 7.05 Å². The molecular weight excluding hydrogens is 242 g/mol. The third-order valence-corrected chi connectivity index (χ3v) is 3.33. The van der Waals surface area contributed by atoms with Gasteiger partial charge in [0.1, 0.15) is 11.9 Å². The molecule has 0 amide bonds. The number of nitriles is 1. The van der Waals surface area contributed by atoms with Gasteiger partial charge in [-0.05, 0) is 24.3 Å². The zero-order chi connectivity index (χ0) is 11.5. The third-order valence-electron chi connectivity index (χ3n) is 2.08. The van der Waals surface area contributed by atoms with E-state index in [-0.39, 0.29) is 0 Å². The van der Waals surface area contributed by atoms with E-state index < -0.39 is 0 Å². The molecule has 0 aromatic carbocycles. The highest BCUT2D eigenvalue weighted by molar-refractivity contribution is 7.19. The molecule has 0 aliphatic carbocycles. The molecule has 0 aliphatic rings. The van der Waals surface area contributed by atoms with Crippen molar-refractivity contribution in [2.75, 3.05) is 12.4 Å². The largest absolute Gasteiger partial charge is 0.372 e. The minimum atomic E-state index is 0.536. The first kappa shape index (κ1) is 10.9. The van der Waals surface area contributed by atoms with Crippen LogP contribution >= 0.6 is 22.9 Å². The van der Waals surface area contributed by atoms with Crippen LogP contribution in [0.1, 0.15) is 5.56 Å². The number of hydrogen-bond acceptors (Lipinski definition) is 4. The van der Waals surface area contributed by atoms with Crippen LogP contribution in [0.4, 0.5) is 5.82 Å². The number of nitrogens with one attached hydrogen (secondary N) is 1. The number of aromatic nitrogens is 1. The smallest absolute Gasteiger partial charge is 0.144 e. The summed E-state index contributed by atoms with van der Waals surface area (Å²) in [5, 5.41) is 11.8. The van der Waals surface area contributed by atoms with Crippen molar-refractivity contribution in [3.8, 4) is 16.6 Å². The third kappa shape index (κ3) is 2.01. The van der Waals surface area contributed by atoms with Crippen LogP contribution < -0.4 is 5.32 Å². The van der Waals surface area contributed by atoms with E-state index in [4.69, 9.17) is 16.9 Å². The Morgan fingerprint density at radius 3 is 2.75 bits per heavy atom. The molecule has 80 valence electrons. The van der Waals surface area contributed by atoms with Crippen LogP contribution in [0.25, 0.3) is 10.6 Å². The molecule has 1 N–H and O–H groups in total. The molecule has 2 aromatic heterocycles. The monoisotopic (exact) mass is 249 g/mol. The standard InChI is InChI=1S/C11H8ClN3S/c1-14-11-7(6-13)2-3-8(15-11)9-4-5-10(12)16-9/h2-5H,1H3,(H,14,15). The lowest BCUT2D eigenvalue weighted by Crippen LogP contribution is -1.96. The summed E-state index contributed by atoms with van der Waals surface area (Å²) in [5.74, 6) is 0.588. The van der Waals surface area contributed by atoms with Gasteiger partial charge in [0.25, 0.3) is 0 Å². The fourth-order valence-corrected chi connectivity index (χ4v) is 2.34. The zero-order valence-electron chi connectivity index (χ0n) is 8.49. The van der Waals surface area contributed by atoms with Gasteiger partial charge in [0.2, 0.25) is 0 Å². The van der Waals surface area contributed by atoms with Crippen molar-refractivity contribution in [2.24, 2.45) is 0 Å². The number of thiophene rings is 1. The van der Waals surface area contributed by atoms with Crippen LogP contribution in [-0.4, -0.2) is 12.0 Å². The van der Waals surface area contributed by atoms with Crippen molar-refractivity contribution < 1.29 is 0 Å². The molecule has 0 saturated heterocycles. The number of hydrogen-bond donors (Lipinski definition) is 1. The first-order valence-corrected chi connectivity index (χ1v) is 5.78. The molecule has 5 heteroatoms. The average molecular weight is 250 g/mol. The molecule has 0 spiro atoms. The van der Waals surface area contributed by atoms with Gasteiger partial charge in [-0.2, -0.15) is 5.26 Å². The Bertz CT molecular complexity index is 557. The minimum Gasteiger partial charge on any atom is -0.372 e. The molecule has 2 heterocycles. The fourth-order valence-electron chi connectivity index (χ4n) is 1.33. The van der Waals surface area contributed by atoms with E-state index in [0.29, 0.717) is 11.4 Å². The molecule has 0 atom stereocenters. The van der Waals surface area contributed by atoms with Crippen LogP contribution in [0, 0.1) is 11.3 Å². The quantitative estimate of drug-likeness (QED) is 0.888. The predicted molar refractivity (Wildman–Crippen MR) is 66.8 cm³/mol. The highest BCUT2D eigenvalue weighted by Gasteiger charge is 2.07. The van der Waals surface area contributed by atoms with Crippen LogP contribution in [0.15, 0.2) is 24.3 Å². The maximum absolute atomic E-state index is 8.87. The summed E-state index contributed by atoms with van der Waals surface area (Å²) in [6.07, 6.45) is 0. The summed E-state index contributed by atoms with van der Waals surface area (Å²) < 4.78 is 0.729. The molecule has 0 bridgehead atoms. The van der Waals surface area contributed by atoms with Crippen LogP contribution in [0.2, 0.25) is 4.34 Å². The topological polar surface area (TPSA) is 48.7 Å². The Labute approximate surface area is 102 Å². The second-order valence-electron chi connectivity index (χ2n) is 3.06. The van der Waals surface area contributed by atoms with Gasteiger partial charge in [-0.15, -0.1) is 11.3 Å². The average Bonchev–Trinajstić information content (AvgIpc) is 2.75. The lowest BCUT2D eigenvalue weighted by Gasteiger charge is -2.03. The Kier molecular flexibility index (Phi) is 3.09. The molecule has 0 aliphatic heterocycles. The summed E-state index contributed by atoms with van der Waals surface area (Å²) in [6, 6.07) is 9.41. The van der Waals surface area contributed by atoms with Crippen molar-refractivity contribution >= 4 is 28.8 Å². The minimum absolute atomic E-state index is 0.536. The van der Waals surface area contributed by atoms with Crippen LogP contribution in [0.3, 0.4) is 0 Å². The zero-order valence-corrected chi connectivity index (χ0v) is 10.1. The first-order valence-electron chi connectivity index (χ1n) is 4.59. The van der Waals surface area contributed by atoms with E-state index in [1.54, 1.807) is 13.1 Å². The van der Waals surface area contributed by atoms with Crippen LogP contribution in [0.5, 0.6) is 0 Å². The van der Waals surface area contributed by atoms with Crippen LogP contribution in [-0.2, 0) is 0 Å². The molecule has 16 heavy (non-hydrogen) atoms. The highest BCUT2D eigenvalue weighted by atomic mass is 35.5. The molecule has 0 saturated carbocycles. The summed E-state index contributed by atoms with van der Waals surface area (Å²) in [6.45, 7) is 0. The van der Waals surface area contributed by atoms with E-state index in [9.17, 15) is 0 Å². The van der Waals surface area contributed by atoms with Crippen molar-refractivity contribution in [3.63, 3.8) is 0 Å². The van der Waals surface area contributed by atoms with E-state index >= 15 is 0 Å². The van der Waals surface area contributed by atoms with Gasteiger partial charge in [-0.3, -0.25) is 0 Å². The van der Waals surface area contributed by atoms with Crippen molar-refractivity contribution in [3.05, 3.63) is 34.2 Å². The summed E-state index contributed by atoms with van der Waals surface area (Å²) in [4.78, 5) is 5.36. The Morgan fingerprint density at radius 2 is 2.19 bits per heavy atom. The molecule has 0 radical (unpaired) electrons. The van der Waals surface area contributed by atoms with E-state index in [1.807, 2.05) is 18.2 Å². The lowest BCUT2D eigenvalue weighted by atomic mass is 10.2. The predicted octanol–water partition coefficient (Wildman–Crippen LogP) is 3.38. The van der Waals surface area contributed by atoms with Crippen molar-refractivity contribution in [1.29, 1.82) is 5.26 Å². The molecule has 2 aromatic rings. The highest BCUT2D eigenvalue weighted by Crippen LogP contribution is 2.30. The second kappa shape index (κ2) is 4.52. The number of rotatable bonds is 2. The number of halogens is 1. The van der Waals surface area contributed by atoms with E-state index in [1.165, 1.54) is 11.3 Å². The number of pyridine rings is 1. The van der Waals surface area contributed by atoms with E-state index in [0.717, 1.165) is 14.9 Å². The fraction of sp³-hybridized carbons (Fsp3) is 0.0909. The number of nitrogens with zero attached hydrogens (tertiary/aromatic N) is 2. The maximum atomic E-state index is 8.87. The molecule has 0 fully saturated rings. The maximum Gasteiger partial charge on any atom is 0.144 e. The lowest BCUT2D eigenvalue weighted by molar-refractivity contribution is 1.27. The SMILES string of the molecule is CNc1nc(-c2ccc(Cl)s2)ccc1C#N. The van der Waals surface area contributed by atoms with Crippen molar-refractivity contribution in [2.45, 2.75) is 0 Å². The molecule has 3 nitrogen and oxygen atoms in total. The van der Waals surface area contributed by atoms with Gasteiger partial charge < -0.3 is 5.32 Å². The normalized spacial score (nSPS) is 9.81. The summed E-state index contributed by atoms with van der Waals surface area (Å²) >= 11 is 7.33. The molecule has 2 rings (SSSR count). The Hall–Kier alpha value is -1.57. The number of anilines is 1. The summed E-state index contributed by atoms with van der Waals surface area (Å²) in [5.41, 5.74) is 1.36. The van der Waals surface area contributed by atoms with Gasteiger partial charge in [-0.1, -0.05) is 11.6 Å². The molecular formula is C11H8ClN3S. The first-order chi connectivity index (χ1) is 7.74. The van der Waals surface area contributed by atoms with Gasteiger partial charge in [-0.25, -0.2) is 4.98 Å². The van der Waals surface area contributed by atoms with Crippen molar-refractivity contribution in [1.82, 2.24) is 4.98 Å². The van der Waals surface area contributed by atoms with E-state index in [2.05, 4.69) is 16.4 Å². The molecule has 0 unspecified atom stereocenters. The Morgan fingerprint density at radius 1 is 1.38 bits per heavy atom. The van der Waals surface area contributed by atoms with Gasteiger partial charge in [0.05, 0.1) is 20.5 Å². The Balaban J connectivity index is 2.48. The summed E-state index contributed by atoms with van der Waals surface area (Å²) in [7, 11) is 1.74.